The molecule has 0 unspecified atom stereocenters. The Morgan fingerprint density at radius 1 is 1.20 bits per heavy atom. The summed E-state index contributed by atoms with van der Waals surface area (Å²) in [5.74, 6) is -0.673. The Labute approximate surface area is 196 Å². The number of hydrogen-bond donors (Lipinski definition) is 0. The number of amides is 2. The molecule has 0 spiro atoms. The van der Waals surface area contributed by atoms with Crippen LogP contribution in [0.25, 0.3) is 5.65 Å². The van der Waals surface area contributed by atoms with E-state index in [-0.39, 0.29) is 30.0 Å². The molecule has 14 heteroatoms. The second kappa shape index (κ2) is 9.27. The summed E-state index contributed by atoms with van der Waals surface area (Å²) in [5.41, 5.74) is 0.252. The lowest BCUT2D eigenvalue weighted by molar-refractivity contribution is -0.154. The van der Waals surface area contributed by atoms with Gasteiger partial charge in [0, 0.05) is 39.3 Å². The van der Waals surface area contributed by atoms with E-state index in [1.807, 2.05) is 0 Å². The third-order valence-electron chi connectivity index (χ3n) is 5.18. The van der Waals surface area contributed by atoms with Gasteiger partial charge in [0.15, 0.2) is 18.4 Å². The van der Waals surface area contributed by atoms with Gasteiger partial charge in [-0.1, -0.05) is 0 Å². The zero-order valence-corrected chi connectivity index (χ0v) is 18.7. The number of carbonyl (C=O) groups excluding carboxylic acids is 2. The molecule has 3 aromatic rings. The van der Waals surface area contributed by atoms with Gasteiger partial charge in [-0.25, -0.2) is 18.9 Å². The predicted molar refractivity (Wildman–Crippen MR) is 115 cm³/mol. The monoisotopic (exact) mass is 494 g/mol. The fraction of sp³-hybridized carbons (Fsp3) is 0.381. The lowest BCUT2D eigenvalue weighted by Gasteiger charge is -2.17. The Morgan fingerprint density at radius 2 is 1.97 bits per heavy atom. The summed E-state index contributed by atoms with van der Waals surface area (Å²) in [6.45, 7) is -1.36. The van der Waals surface area contributed by atoms with E-state index in [4.69, 9.17) is 4.74 Å². The van der Waals surface area contributed by atoms with Crippen molar-refractivity contribution < 1.29 is 32.2 Å². The van der Waals surface area contributed by atoms with E-state index in [2.05, 4.69) is 14.8 Å². The van der Waals surface area contributed by atoms with Gasteiger partial charge < -0.3 is 19.3 Å². The highest BCUT2D eigenvalue weighted by Crippen LogP contribution is 2.25. The molecule has 0 bridgehead atoms. The molecule has 1 fully saturated rings. The molecule has 0 saturated carbocycles. The Balaban J connectivity index is 1.44. The largest absolute Gasteiger partial charge is 0.479 e. The van der Waals surface area contributed by atoms with E-state index in [1.165, 1.54) is 38.7 Å². The third-order valence-corrected chi connectivity index (χ3v) is 5.18. The molecule has 0 N–H and O–H groups in total. The van der Waals surface area contributed by atoms with Gasteiger partial charge in [-0.2, -0.15) is 13.2 Å². The number of nitrogens with zero attached hydrogens (tertiary/aromatic N) is 6. The van der Waals surface area contributed by atoms with Gasteiger partial charge in [0.2, 0.25) is 11.8 Å². The van der Waals surface area contributed by atoms with Crippen LogP contribution in [0.2, 0.25) is 0 Å². The molecule has 2 amide bonds. The lowest BCUT2D eigenvalue weighted by atomic mass is 10.3. The number of fused-ring (bicyclic) bond motifs is 1. The Morgan fingerprint density at radius 3 is 2.63 bits per heavy atom. The number of hydrogen-bond acceptors (Lipinski definition) is 7. The van der Waals surface area contributed by atoms with Crippen LogP contribution in [-0.2, 0) is 16.1 Å². The van der Waals surface area contributed by atoms with E-state index >= 15 is 0 Å². The van der Waals surface area contributed by atoms with Crippen molar-refractivity contribution in [2.45, 2.75) is 25.2 Å². The third kappa shape index (κ3) is 5.36. The average Bonchev–Trinajstić information content (AvgIpc) is 3.32. The molecule has 0 radical (unpaired) electrons. The van der Waals surface area contributed by atoms with E-state index in [0.29, 0.717) is 24.3 Å². The van der Waals surface area contributed by atoms with Gasteiger partial charge in [-0.05, 0) is 18.2 Å². The molecule has 0 aromatic carbocycles. The van der Waals surface area contributed by atoms with Crippen LogP contribution >= 0.6 is 0 Å². The molecular weight excluding hydrogens is 473 g/mol. The zero-order chi connectivity index (χ0) is 25.3. The quantitative estimate of drug-likeness (QED) is 0.484. The van der Waals surface area contributed by atoms with Crippen LogP contribution in [0.4, 0.5) is 18.9 Å². The smallest absolute Gasteiger partial charge is 0.422 e. The summed E-state index contributed by atoms with van der Waals surface area (Å²) in [7, 11) is 3.15. The van der Waals surface area contributed by atoms with Crippen molar-refractivity contribution in [3.63, 3.8) is 0 Å². The molecule has 3 aromatic heterocycles. The molecule has 4 rings (SSSR count). The van der Waals surface area contributed by atoms with E-state index in [0.717, 1.165) is 4.68 Å². The number of alkyl halides is 3. The lowest BCUT2D eigenvalue weighted by Crippen LogP contribution is -2.33. The van der Waals surface area contributed by atoms with Crippen molar-refractivity contribution >= 4 is 23.1 Å². The van der Waals surface area contributed by atoms with Crippen LogP contribution in [-0.4, -0.2) is 75.4 Å². The summed E-state index contributed by atoms with van der Waals surface area (Å²) in [6.07, 6.45) is -2.33. The van der Waals surface area contributed by atoms with E-state index in [9.17, 15) is 27.6 Å². The van der Waals surface area contributed by atoms with Gasteiger partial charge in [0.1, 0.15) is 12.3 Å². The van der Waals surface area contributed by atoms with Crippen molar-refractivity contribution in [1.82, 2.24) is 24.1 Å². The van der Waals surface area contributed by atoms with Crippen LogP contribution in [0.5, 0.6) is 11.6 Å². The molecule has 4 heterocycles. The normalized spacial score (nSPS) is 16.1. The second-order valence-electron chi connectivity index (χ2n) is 7.96. The SMILES string of the molecule is CN(C)C(=O)Cn1nc2ccc(N3CC[C@@H](Oc4ccc(OCC(F)(F)F)nc4)C3=O)cn2c1=O. The van der Waals surface area contributed by atoms with Crippen molar-refractivity contribution in [3.05, 3.63) is 47.1 Å². The number of aromatic nitrogens is 4. The number of likely N-dealkylation sites (N-methyl/N-ethyl adjacent to an activating group) is 1. The first kappa shape index (κ1) is 24.0. The predicted octanol–water partition coefficient (Wildman–Crippen LogP) is 1.10. The minimum absolute atomic E-state index is 0.197. The molecular formula is C21H21F3N6O5. The summed E-state index contributed by atoms with van der Waals surface area (Å²) >= 11 is 0. The maximum absolute atomic E-state index is 12.9. The summed E-state index contributed by atoms with van der Waals surface area (Å²) in [6, 6.07) is 5.79. The Kier molecular flexibility index (Phi) is 6.37. The number of rotatable bonds is 7. The fourth-order valence-electron chi connectivity index (χ4n) is 3.40. The van der Waals surface area contributed by atoms with Crippen LogP contribution in [0.3, 0.4) is 0 Å². The maximum Gasteiger partial charge on any atom is 0.422 e. The average molecular weight is 494 g/mol. The van der Waals surface area contributed by atoms with Crippen molar-refractivity contribution in [2.24, 2.45) is 0 Å². The van der Waals surface area contributed by atoms with Crippen molar-refractivity contribution in [2.75, 3.05) is 32.1 Å². The van der Waals surface area contributed by atoms with Crippen LogP contribution in [0, 0.1) is 0 Å². The highest BCUT2D eigenvalue weighted by atomic mass is 19.4. The summed E-state index contributed by atoms with van der Waals surface area (Å²) in [4.78, 5) is 44.1. The molecule has 11 nitrogen and oxygen atoms in total. The summed E-state index contributed by atoms with van der Waals surface area (Å²) < 4.78 is 49.2. The summed E-state index contributed by atoms with van der Waals surface area (Å²) in [5, 5.41) is 4.14. The fourth-order valence-corrected chi connectivity index (χ4v) is 3.40. The Hall–Kier alpha value is -4.10. The number of ether oxygens (including phenoxy) is 2. The molecule has 1 saturated heterocycles. The standard InChI is InChI=1S/C21H21F3N6O5/c1-27(2)18(31)11-30-20(33)29-10-13(3-5-16(29)26-30)28-8-7-15(19(28)32)35-14-4-6-17(25-9-14)34-12-21(22,23)24/h3-6,9-10,15H,7-8,11-12H2,1-2H3/t15-/m1/s1. The molecule has 0 aliphatic carbocycles. The first-order valence-electron chi connectivity index (χ1n) is 10.4. The maximum atomic E-state index is 12.9. The Bertz CT molecular complexity index is 1300. The topological polar surface area (TPSA) is 111 Å². The van der Waals surface area contributed by atoms with E-state index < -0.39 is 24.6 Å². The minimum Gasteiger partial charge on any atom is -0.479 e. The van der Waals surface area contributed by atoms with Crippen LogP contribution < -0.4 is 20.1 Å². The zero-order valence-electron chi connectivity index (χ0n) is 18.7. The van der Waals surface area contributed by atoms with Crippen molar-refractivity contribution in [3.8, 4) is 11.6 Å². The van der Waals surface area contributed by atoms with Crippen molar-refractivity contribution in [1.29, 1.82) is 0 Å². The van der Waals surface area contributed by atoms with Gasteiger partial charge in [0.05, 0.1) is 11.9 Å². The minimum atomic E-state index is -4.48. The van der Waals surface area contributed by atoms with Crippen LogP contribution in [0.1, 0.15) is 6.42 Å². The molecule has 1 aliphatic heterocycles. The number of anilines is 1. The number of halogens is 3. The first-order chi connectivity index (χ1) is 16.5. The number of carbonyl (C=O) groups is 2. The van der Waals surface area contributed by atoms with Gasteiger partial charge in [-0.3, -0.25) is 9.59 Å². The molecule has 35 heavy (non-hydrogen) atoms. The van der Waals surface area contributed by atoms with Gasteiger partial charge in [-0.15, -0.1) is 5.10 Å². The van der Waals surface area contributed by atoms with Gasteiger partial charge in [0.25, 0.3) is 5.91 Å². The van der Waals surface area contributed by atoms with Gasteiger partial charge >= 0.3 is 11.9 Å². The molecule has 186 valence electrons. The van der Waals surface area contributed by atoms with Crippen LogP contribution in [0.15, 0.2) is 41.5 Å². The number of pyridine rings is 2. The second-order valence-corrected chi connectivity index (χ2v) is 7.96. The van der Waals surface area contributed by atoms with E-state index in [1.54, 1.807) is 26.2 Å². The highest BCUT2D eigenvalue weighted by Gasteiger charge is 2.35. The molecule has 1 aliphatic rings. The molecule has 1 atom stereocenters. The first-order valence-corrected chi connectivity index (χ1v) is 10.4. The highest BCUT2D eigenvalue weighted by molar-refractivity contribution is 5.99.